The molecule has 2 aromatic carbocycles. The Morgan fingerprint density at radius 3 is 2.29 bits per heavy atom. The van der Waals surface area contributed by atoms with Gasteiger partial charge in [-0.2, -0.15) is 0 Å². The van der Waals surface area contributed by atoms with E-state index in [1.165, 1.54) is 6.92 Å². The Balaban J connectivity index is 1.92. The lowest BCUT2D eigenvalue weighted by atomic mass is 10.0. The standard InChI is InChI=1S/C19H22N2O3/c1-14(22)21-18(13-16-7-9-17(23)10-8-16)19(24)20-12-11-15-5-3-2-4-6-15/h2-10,18,23H,11-13H2,1H3,(H,20,24)(H,21,22)/t18-/m0/s1. The molecule has 3 N–H and O–H groups in total. The molecule has 0 saturated heterocycles. The number of phenols is 1. The van der Waals surface area contributed by atoms with E-state index < -0.39 is 6.04 Å². The van der Waals surface area contributed by atoms with Crippen LogP contribution in [-0.4, -0.2) is 29.5 Å². The smallest absolute Gasteiger partial charge is 0.242 e. The van der Waals surface area contributed by atoms with E-state index >= 15 is 0 Å². The predicted octanol–water partition coefficient (Wildman–Crippen LogP) is 1.80. The highest BCUT2D eigenvalue weighted by Gasteiger charge is 2.19. The lowest BCUT2D eigenvalue weighted by molar-refractivity contribution is -0.128. The molecule has 0 spiro atoms. The number of amides is 2. The maximum atomic E-state index is 12.4. The van der Waals surface area contributed by atoms with Gasteiger partial charge in [0.25, 0.3) is 0 Å². The molecular weight excluding hydrogens is 304 g/mol. The number of benzene rings is 2. The number of rotatable bonds is 7. The second-order valence-electron chi connectivity index (χ2n) is 5.65. The fourth-order valence-corrected chi connectivity index (χ4v) is 2.42. The zero-order valence-corrected chi connectivity index (χ0v) is 13.7. The van der Waals surface area contributed by atoms with Crippen LogP contribution in [0, 0.1) is 0 Å². The summed E-state index contributed by atoms with van der Waals surface area (Å²) in [6.45, 7) is 1.90. The lowest BCUT2D eigenvalue weighted by Crippen LogP contribution is -2.47. The Hall–Kier alpha value is -2.82. The first-order valence-corrected chi connectivity index (χ1v) is 7.91. The summed E-state index contributed by atoms with van der Waals surface area (Å²) in [7, 11) is 0. The monoisotopic (exact) mass is 326 g/mol. The lowest BCUT2D eigenvalue weighted by Gasteiger charge is -2.18. The highest BCUT2D eigenvalue weighted by Crippen LogP contribution is 2.11. The number of phenolic OH excluding ortho intramolecular Hbond substituents is 1. The van der Waals surface area contributed by atoms with E-state index in [-0.39, 0.29) is 17.6 Å². The summed E-state index contributed by atoms with van der Waals surface area (Å²) in [4.78, 5) is 23.7. The molecule has 24 heavy (non-hydrogen) atoms. The van der Waals surface area contributed by atoms with Crippen molar-refractivity contribution < 1.29 is 14.7 Å². The van der Waals surface area contributed by atoms with E-state index in [0.717, 1.165) is 17.5 Å². The minimum atomic E-state index is -0.636. The molecule has 0 unspecified atom stereocenters. The van der Waals surface area contributed by atoms with E-state index in [4.69, 9.17) is 0 Å². The first-order valence-electron chi connectivity index (χ1n) is 7.91. The van der Waals surface area contributed by atoms with Gasteiger partial charge in [0.05, 0.1) is 0 Å². The first kappa shape index (κ1) is 17.5. The number of aromatic hydroxyl groups is 1. The number of hydrogen-bond acceptors (Lipinski definition) is 3. The number of carbonyl (C=O) groups is 2. The molecular formula is C19H22N2O3. The van der Waals surface area contributed by atoms with Crippen molar-refractivity contribution in [2.75, 3.05) is 6.54 Å². The quantitative estimate of drug-likeness (QED) is 0.726. The van der Waals surface area contributed by atoms with Crippen LogP contribution in [-0.2, 0) is 22.4 Å². The summed E-state index contributed by atoms with van der Waals surface area (Å²) in [5.74, 6) is -0.298. The van der Waals surface area contributed by atoms with Crippen LogP contribution < -0.4 is 10.6 Å². The van der Waals surface area contributed by atoms with Gasteiger partial charge in [0.15, 0.2) is 0 Å². The Kier molecular flexibility index (Phi) is 6.37. The largest absolute Gasteiger partial charge is 0.508 e. The second-order valence-corrected chi connectivity index (χ2v) is 5.65. The molecule has 1 atom stereocenters. The van der Waals surface area contributed by atoms with Gasteiger partial charge in [-0.25, -0.2) is 0 Å². The molecule has 0 aliphatic heterocycles. The van der Waals surface area contributed by atoms with E-state index in [0.29, 0.717) is 13.0 Å². The summed E-state index contributed by atoms with van der Waals surface area (Å²) < 4.78 is 0. The highest BCUT2D eigenvalue weighted by atomic mass is 16.3. The molecule has 0 aliphatic rings. The maximum Gasteiger partial charge on any atom is 0.242 e. The topological polar surface area (TPSA) is 78.4 Å². The number of hydrogen-bond donors (Lipinski definition) is 3. The minimum Gasteiger partial charge on any atom is -0.508 e. The van der Waals surface area contributed by atoms with Crippen molar-refractivity contribution in [1.29, 1.82) is 0 Å². The second kappa shape index (κ2) is 8.72. The Morgan fingerprint density at radius 1 is 1.00 bits per heavy atom. The summed E-state index contributed by atoms with van der Waals surface area (Å²) in [5, 5.41) is 14.9. The third-order valence-electron chi connectivity index (χ3n) is 3.63. The van der Waals surface area contributed by atoms with Crippen LogP contribution in [0.1, 0.15) is 18.1 Å². The van der Waals surface area contributed by atoms with Crippen LogP contribution >= 0.6 is 0 Å². The number of nitrogens with one attached hydrogen (secondary N) is 2. The molecule has 2 amide bonds. The summed E-state index contributed by atoms with van der Waals surface area (Å²) in [6, 6.07) is 15.9. The highest BCUT2D eigenvalue weighted by molar-refractivity contribution is 5.87. The van der Waals surface area contributed by atoms with Crippen molar-refractivity contribution in [3.8, 4) is 5.75 Å². The Morgan fingerprint density at radius 2 is 1.67 bits per heavy atom. The Bertz CT molecular complexity index is 669. The summed E-state index contributed by atoms with van der Waals surface area (Å²) >= 11 is 0. The molecule has 0 aliphatic carbocycles. The van der Waals surface area contributed by atoms with Crippen molar-refractivity contribution in [3.05, 3.63) is 65.7 Å². The van der Waals surface area contributed by atoms with Crippen LogP contribution in [0.3, 0.4) is 0 Å². The third-order valence-corrected chi connectivity index (χ3v) is 3.63. The van der Waals surface area contributed by atoms with Crippen LogP contribution in [0.25, 0.3) is 0 Å². The molecule has 126 valence electrons. The molecule has 0 saturated carbocycles. The van der Waals surface area contributed by atoms with Crippen molar-refractivity contribution in [1.82, 2.24) is 10.6 Å². The fraction of sp³-hybridized carbons (Fsp3) is 0.263. The van der Waals surface area contributed by atoms with Crippen molar-refractivity contribution >= 4 is 11.8 Å². The minimum absolute atomic E-state index is 0.169. The van der Waals surface area contributed by atoms with Crippen LogP contribution in [0.15, 0.2) is 54.6 Å². The summed E-state index contributed by atoms with van der Waals surface area (Å²) in [6.07, 6.45) is 1.11. The van der Waals surface area contributed by atoms with E-state index in [1.807, 2.05) is 30.3 Å². The molecule has 0 fully saturated rings. The van der Waals surface area contributed by atoms with E-state index in [9.17, 15) is 14.7 Å². The molecule has 5 heteroatoms. The van der Waals surface area contributed by atoms with Gasteiger partial charge in [0.2, 0.25) is 11.8 Å². The van der Waals surface area contributed by atoms with Gasteiger partial charge in [-0.15, -0.1) is 0 Å². The number of carbonyl (C=O) groups excluding carboxylic acids is 2. The zero-order valence-electron chi connectivity index (χ0n) is 13.7. The molecule has 0 aromatic heterocycles. The summed E-state index contributed by atoms with van der Waals surface area (Å²) in [5.41, 5.74) is 2.01. The predicted molar refractivity (Wildman–Crippen MR) is 92.6 cm³/mol. The van der Waals surface area contributed by atoms with Crippen molar-refractivity contribution in [2.24, 2.45) is 0 Å². The molecule has 2 rings (SSSR count). The van der Waals surface area contributed by atoms with Crippen LogP contribution in [0.2, 0.25) is 0 Å². The Labute approximate surface area is 141 Å². The van der Waals surface area contributed by atoms with Gasteiger partial charge in [-0.3, -0.25) is 9.59 Å². The molecule has 0 heterocycles. The SMILES string of the molecule is CC(=O)N[C@@H](Cc1ccc(O)cc1)C(=O)NCCc1ccccc1. The van der Waals surface area contributed by atoms with Crippen LogP contribution in [0.5, 0.6) is 5.75 Å². The molecule has 0 bridgehead atoms. The third kappa shape index (κ3) is 5.76. The molecule has 0 radical (unpaired) electrons. The fourth-order valence-electron chi connectivity index (χ4n) is 2.42. The van der Waals surface area contributed by atoms with Gasteiger partial charge in [-0.05, 0) is 29.7 Å². The van der Waals surface area contributed by atoms with Gasteiger partial charge >= 0.3 is 0 Å². The van der Waals surface area contributed by atoms with Gasteiger partial charge < -0.3 is 15.7 Å². The van der Waals surface area contributed by atoms with Gasteiger partial charge in [0.1, 0.15) is 11.8 Å². The average molecular weight is 326 g/mol. The van der Waals surface area contributed by atoms with Gasteiger partial charge in [0, 0.05) is 19.9 Å². The molecule has 2 aromatic rings. The average Bonchev–Trinajstić information content (AvgIpc) is 2.57. The van der Waals surface area contributed by atoms with E-state index in [2.05, 4.69) is 10.6 Å². The van der Waals surface area contributed by atoms with Crippen LogP contribution in [0.4, 0.5) is 0 Å². The zero-order chi connectivity index (χ0) is 17.4. The van der Waals surface area contributed by atoms with Gasteiger partial charge in [-0.1, -0.05) is 42.5 Å². The maximum absolute atomic E-state index is 12.4. The normalized spacial score (nSPS) is 11.5. The van der Waals surface area contributed by atoms with E-state index in [1.54, 1.807) is 24.3 Å². The molecule has 5 nitrogen and oxygen atoms in total. The van der Waals surface area contributed by atoms with Crippen molar-refractivity contribution in [2.45, 2.75) is 25.8 Å². The first-order chi connectivity index (χ1) is 11.5. The van der Waals surface area contributed by atoms with Crippen molar-refractivity contribution in [3.63, 3.8) is 0 Å².